The van der Waals surface area contributed by atoms with Gasteiger partial charge in [0.05, 0.1) is 16.9 Å². The molecule has 242 valence electrons. The summed E-state index contributed by atoms with van der Waals surface area (Å²) in [6.45, 7) is 7.60. The van der Waals surface area contributed by atoms with Crippen LogP contribution in [-0.4, -0.2) is 66.8 Å². The van der Waals surface area contributed by atoms with E-state index in [2.05, 4.69) is 29.6 Å². The van der Waals surface area contributed by atoms with E-state index in [4.69, 9.17) is 14.2 Å². The number of likely N-dealkylation sites (tertiary alicyclic amines) is 1. The predicted molar refractivity (Wildman–Crippen MR) is 167 cm³/mol. The molecule has 45 heavy (non-hydrogen) atoms. The summed E-state index contributed by atoms with van der Waals surface area (Å²) in [5.74, 6) is -0.780. The maximum absolute atomic E-state index is 12.9. The normalized spacial score (nSPS) is 22.5. The van der Waals surface area contributed by atoms with E-state index in [0.717, 1.165) is 24.0 Å². The van der Waals surface area contributed by atoms with Crippen LogP contribution < -0.4 is 5.32 Å². The van der Waals surface area contributed by atoms with Crippen molar-refractivity contribution in [2.75, 3.05) is 33.0 Å². The van der Waals surface area contributed by atoms with Gasteiger partial charge in [-0.2, -0.15) is 0 Å². The maximum Gasteiger partial charge on any atom is 0.410 e. The van der Waals surface area contributed by atoms with Gasteiger partial charge in [-0.3, -0.25) is 9.59 Å². The number of ether oxygens (including phenoxy) is 3. The van der Waals surface area contributed by atoms with E-state index in [1.165, 1.54) is 5.56 Å². The molecule has 2 heterocycles. The van der Waals surface area contributed by atoms with Crippen LogP contribution in [0.15, 0.2) is 54.6 Å². The van der Waals surface area contributed by atoms with Crippen molar-refractivity contribution in [3.8, 4) is 0 Å². The van der Waals surface area contributed by atoms with Crippen molar-refractivity contribution in [3.63, 3.8) is 0 Å². The number of carbonyl (C=O) groups excluding carboxylic acids is 4. The molecule has 1 saturated carbocycles. The standard InChI is InChI=1S/C35H45N3O7/c1-34(2,3)31(40)45-24-44-30(39)28-13-17-35(18-14-28,38-22-19-36-32(38)41)29-11-9-26(10-12-29)27-15-20-37(21-16-27)33(42)43-23-25-7-5-4-6-8-25/h4-12,27-28H,13-24H2,1-3H3,(H,36,41). The Hall–Kier alpha value is -4.08. The highest BCUT2D eigenvalue weighted by Crippen LogP contribution is 2.45. The fourth-order valence-corrected chi connectivity index (χ4v) is 6.67. The number of carbonyl (C=O) groups is 4. The molecule has 2 aromatic carbocycles. The second-order valence-electron chi connectivity index (χ2n) is 13.4. The quantitative estimate of drug-likeness (QED) is 0.298. The monoisotopic (exact) mass is 619 g/mol. The third-order valence-corrected chi connectivity index (χ3v) is 9.40. The number of amides is 3. The zero-order chi connectivity index (χ0) is 32.0. The molecular weight excluding hydrogens is 574 g/mol. The minimum Gasteiger partial charge on any atom is -0.445 e. The third kappa shape index (κ3) is 7.60. The van der Waals surface area contributed by atoms with Gasteiger partial charge < -0.3 is 29.3 Å². The van der Waals surface area contributed by atoms with E-state index in [1.54, 1.807) is 25.7 Å². The smallest absolute Gasteiger partial charge is 0.410 e. The molecule has 0 bridgehead atoms. The molecule has 0 spiro atoms. The molecule has 0 atom stereocenters. The first-order valence-electron chi connectivity index (χ1n) is 16.0. The fourth-order valence-electron chi connectivity index (χ4n) is 6.67. The lowest BCUT2D eigenvalue weighted by Crippen LogP contribution is -2.50. The van der Waals surface area contributed by atoms with Crippen LogP contribution >= 0.6 is 0 Å². The van der Waals surface area contributed by atoms with Crippen LogP contribution in [-0.2, 0) is 35.9 Å². The predicted octanol–water partition coefficient (Wildman–Crippen LogP) is 5.70. The van der Waals surface area contributed by atoms with Crippen LogP contribution in [0.2, 0.25) is 0 Å². The third-order valence-electron chi connectivity index (χ3n) is 9.40. The summed E-state index contributed by atoms with van der Waals surface area (Å²) in [5.41, 5.74) is 2.07. The molecule has 0 radical (unpaired) electrons. The first-order valence-corrected chi connectivity index (χ1v) is 16.0. The molecule has 5 rings (SSSR count). The minimum atomic E-state index is -0.670. The first kappa shape index (κ1) is 32.3. The average molecular weight is 620 g/mol. The lowest BCUT2D eigenvalue weighted by Gasteiger charge is -2.46. The van der Waals surface area contributed by atoms with Gasteiger partial charge in [-0.25, -0.2) is 9.59 Å². The molecule has 1 N–H and O–H groups in total. The van der Waals surface area contributed by atoms with E-state index in [0.29, 0.717) is 57.8 Å². The van der Waals surface area contributed by atoms with Gasteiger partial charge in [0.25, 0.3) is 0 Å². The average Bonchev–Trinajstić information content (AvgIpc) is 3.50. The summed E-state index contributed by atoms with van der Waals surface area (Å²) >= 11 is 0. The van der Waals surface area contributed by atoms with E-state index < -0.39 is 16.9 Å². The van der Waals surface area contributed by atoms with E-state index in [-0.39, 0.29) is 37.4 Å². The lowest BCUT2D eigenvalue weighted by atomic mass is 9.71. The van der Waals surface area contributed by atoms with Crippen molar-refractivity contribution < 1.29 is 33.4 Å². The largest absolute Gasteiger partial charge is 0.445 e. The number of nitrogens with one attached hydrogen (secondary N) is 1. The number of hydrogen-bond donors (Lipinski definition) is 1. The highest BCUT2D eigenvalue weighted by atomic mass is 16.7. The number of urea groups is 1. The lowest BCUT2D eigenvalue weighted by molar-refractivity contribution is -0.176. The Morgan fingerprint density at radius 1 is 0.867 bits per heavy atom. The highest BCUT2D eigenvalue weighted by Gasteiger charge is 2.47. The Balaban J connectivity index is 1.17. The molecule has 2 aliphatic heterocycles. The Bertz CT molecular complexity index is 1340. The van der Waals surface area contributed by atoms with Gasteiger partial charge >= 0.3 is 24.1 Å². The molecule has 3 aliphatic rings. The van der Waals surface area contributed by atoms with Crippen molar-refractivity contribution in [2.24, 2.45) is 11.3 Å². The number of benzene rings is 2. The van der Waals surface area contributed by atoms with E-state index in [9.17, 15) is 19.2 Å². The van der Waals surface area contributed by atoms with Crippen LogP contribution in [0.25, 0.3) is 0 Å². The molecule has 10 nitrogen and oxygen atoms in total. The Morgan fingerprint density at radius 2 is 1.53 bits per heavy atom. The number of rotatable bonds is 8. The van der Waals surface area contributed by atoms with Gasteiger partial charge in [-0.1, -0.05) is 54.6 Å². The van der Waals surface area contributed by atoms with Gasteiger partial charge in [0.15, 0.2) is 0 Å². The van der Waals surface area contributed by atoms with Gasteiger partial charge in [-0.05, 0) is 81.9 Å². The second-order valence-corrected chi connectivity index (χ2v) is 13.4. The van der Waals surface area contributed by atoms with Crippen LogP contribution in [0.1, 0.15) is 81.9 Å². The zero-order valence-electron chi connectivity index (χ0n) is 26.6. The number of piperidine rings is 1. The van der Waals surface area contributed by atoms with Crippen molar-refractivity contribution >= 4 is 24.1 Å². The van der Waals surface area contributed by atoms with Crippen LogP contribution in [0.4, 0.5) is 9.59 Å². The Morgan fingerprint density at radius 3 is 2.13 bits per heavy atom. The first-order chi connectivity index (χ1) is 21.6. The number of nitrogens with zero attached hydrogens (tertiary/aromatic N) is 2. The Kier molecular flexibility index (Phi) is 9.99. The highest BCUT2D eigenvalue weighted by molar-refractivity contribution is 5.78. The summed E-state index contributed by atoms with van der Waals surface area (Å²) in [7, 11) is 0. The topological polar surface area (TPSA) is 114 Å². The minimum absolute atomic E-state index is 0.0827. The van der Waals surface area contributed by atoms with Gasteiger partial charge in [-0.15, -0.1) is 0 Å². The van der Waals surface area contributed by atoms with Crippen molar-refractivity contribution in [2.45, 2.75) is 77.4 Å². The van der Waals surface area contributed by atoms with Crippen LogP contribution in [0.3, 0.4) is 0 Å². The molecule has 0 unspecified atom stereocenters. The molecule has 0 aromatic heterocycles. The molecule has 10 heteroatoms. The summed E-state index contributed by atoms with van der Waals surface area (Å²) in [6, 6.07) is 18.2. The van der Waals surface area contributed by atoms with E-state index in [1.807, 2.05) is 35.2 Å². The van der Waals surface area contributed by atoms with Crippen molar-refractivity contribution in [1.82, 2.24) is 15.1 Å². The van der Waals surface area contributed by atoms with Crippen molar-refractivity contribution in [3.05, 3.63) is 71.3 Å². The number of hydrogen-bond acceptors (Lipinski definition) is 7. The van der Waals surface area contributed by atoms with Crippen LogP contribution in [0.5, 0.6) is 0 Å². The zero-order valence-corrected chi connectivity index (χ0v) is 26.6. The van der Waals surface area contributed by atoms with Crippen molar-refractivity contribution in [1.29, 1.82) is 0 Å². The van der Waals surface area contributed by atoms with Gasteiger partial charge in [0.2, 0.25) is 6.79 Å². The summed E-state index contributed by atoms with van der Waals surface area (Å²) in [4.78, 5) is 54.1. The molecular formula is C35H45N3O7. The van der Waals surface area contributed by atoms with Crippen LogP contribution in [0, 0.1) is 11.3 Å². The maximum atomic E-state index is 12.9. The summed E-state index contributed by atoms with van der Waals surface area (Å²) < 4.78 is 15.9. The SMILES string of the molecule is CC(C)(C)C(=O)OCOC(=O)C1CCC(c2ccc(C3CCN(C(=O)OCc4ccccc4)CC3)cc2)(N2CCNC2=O)CC1. The second kappa shape index (κ2) is 13.9. The molecule has 2 aromatic rings. The Labute approximate surface area is 265 Å². The summed E-state index contributed by atoms with van der Waals surface area (Å²) in [6.07, 6.45) is 3.83. The summed E-state index contributed by atoms with van der Waals surface area (Å²) in [5, 5.41) is 2.95. The molecule has 1 aliphatic carbocycles. The van der Waals surface area contributed by atoms with Gasteiger partial charge in [0, 0.05) is 26.2 Å². The number of esters is 2. The van der Waals surface area contributed by atoms with E-state index >= 15 is 0 Å². The molecule has 3 fully saturated rings. The molecule has 2 saturated heterocycles. The van der Waals surface area contributed by atoms with Gasteiger partial charge in [0.1, 0.15) is 6.61 Å². The molecule has 3 amide bonds. The fraction of sp³-hybridized carbons (Fsp3) is 0.543.